The van der Waals surface area contributed by atoms with Crippen molar-refractivity contribution in [1.29, 1.82) is 0 Å². The minimum Gasteiger partial charge on any atom is -0.494 e. The van der Waals surface area contributed by atoms with Crippen LogP contribution >= 0.6 is 11.6 Å². The highest BCUT2D eigenvalue weighted by Crippen LogP contribution is 2.26. The van der Waals surface area contributed by atoms with Crippen molar-refractivity contribution < 1.29 is 17.9 Å². The van der Waals surface area contributed by atoms with Gasteiger partial charge in [0.15, 0.2) is 0 Å². The summed E-state index contributed by atoms with van der Waals surface area (Å²) in [5.41, 5.74) is 0.597. The van der Waals surface area contributed by atoms with Gasteiger partial charge in [0.1, 0.15) is 10.6 Å². The monoisotopic (exact) mass is 396 g/mol. The minimum absolute atomic E-state index is 0.0375. The standard InChI is InChI=1S/C18H21ClN2O4S/c1-3-11-20-18(22)13-5-10-16(19)17(12-13)26(23,24)21-14-6-8-15(9-7-14)25-4-2/h5-10,12,21H,3-4,11H2,1-2H3,(H,20,22). The molecule has 140 valence electrons. The van der Waals surface area contributed by atoms with Gasteiger partial charge < -0.3 is 10.1 Å². The minimum atomic E-state index is -3.95. The number of sulfonamides is 1. The number of carbonyl (C=O) groups is 1. The lowest BCUT2D eigenvalue weighted by atomic mass is 10.2. The fourth-order valence-electron chi connectivity index (χ4n) is 2.19. The highest BCUT2D eigenvalue weighted by Gasteiger charge is 2.20. The average Bonchev–Trinajstić information content (AvgIpc) is 2.61. The lowest BCUT2D eigenvalue weighted by Gasteiger charge is -2.12. The van der Waals surface area contributed by atoms with Crippen LogP contribution in [0.4, 0.5) is 5.69 Å². The molecule has 26 heavy (non-hydrogen) atoms. The van der Waals surface area contributed by atoms with Crippen molar-refractivity contribution in [3.63, 3.8) is 0 Å². The van der Waals surface area contributed by atoms with Gasteiger partial charge in [0, 0.05) is 17.8 Å². The Kier molecular flexibility index (Phi) is 6.88. The molecule has 0 heterocycles. The zero-order chi connectivity index (χ0) is 19.2. The van der Waals surface area contributed by atoms with Crippen LogP contribution in [0.25, 0.3) is 0 Å². The van der Waals surface area contributed by atoms with E-state index in [1.807, 2.05) is 13.8 Å². The Hall–Kier alpha value is -2.25. The molecule has 1 amide bonds. The van der Waals surface area contributed by atoms with Crippen molar-refractivity contribution in [2.24, 2.45) is 0 Å². The van der Waals surface area contributed by atoms with Gasteiger partial charge in [-0.3, -0.25) is 9.52 Å². The third-order valence-corrected chi connectivity index (χ3v) is 5.30. The first kappa shape index (κ1) is 20.1. The predicted octanol–water partition coefficient (Wildman–Crippen LogP) is 3.68. The molecule has 0 fully saturated rings. The Labute approximate surface area is 158 Å². The molecule has 8 heteroatoms. The third-order valence-electron chi connectivity index (χ3n) is 3.44. The van der Waals surface area contributed by atoms with E-state index in [2.05, 4.69) is 10.0 Å². The maximum Gasteiger partial charge on any atom is 0.263 e. The lowest BCUT2D eigenvalue weighted by Crippen LogP contribution is -2.24. The van der Waals surface area contributed by atoms with Crippen LogP contribution in [0.1, 0.15) is 30.6 Å². The van der Waals surface area contributed by atoms with Gasteiger partial charge in [-0.05, 0) is 55.8 Å². The second-order valence-corrected chi connectivity index (χ2v) is 7.52. The van der Waals surface area contributed by atoms with Crippen LogP contribution in [0, 0.1) is 0 Å². The van der Waals surface area contributed by atoms with Crippen LogP contribution in [-0.4, -0.2) is 27.5 Å². The smallest absolute Gasteiger partial charge is 0.263 e. The molecule has 2 rings (SSSR count). The SMILES string of the molecule is CCCNC(=O)c1ccc(Cl)c(S(=O)(=O)Nc2ccc(OCC)cc2)c1. The van der Waals surface area contributed by atoms with Crippen LogP contribution in [0.2, 0.25) is 5.02 Å². The van der Waals surface area contributed by atoms with E-state index in [0.717, 1.165) is 6.42 Å². The lowest BCUT2D eigenvalue weighted by molar-refractivity contribution is 0.0953. The number of benzene rings is 2. The van der Waals surface area contributed by atoms with E-state index in [4.69, 9.17) is 16.3 Å². The summed E-state index contributed by atoms with van der Waals surface area (Å²) in [5, 5.41) is 2.74. The normalized spacial score (nSPS) is 11.0. The number of anilines is 1. The van der Waals surface area contributed by atoms with Crippen LogP contribution < -0.4 is 14.8 Å². The summed E-state index contributed by atoms with van der Waals surface area (Å²) >= 11 is 6.05. The third kappa shape index (κ3) is 5.12. The molecule has 0 aliphatic heterocycles. The molecule has 0 saturated heterocycles. The second-order valence-electron chi connectivity index (χ2n) is 5.46. The van der Waals surface area contributed by atoms with Crippen LogP contribution in [0.5, 0.6) is 5.75 Å². The Morgan fingerprint density at radius 1 is 1.12 bits per heavy atom. The summed E-state index contributed by atoms with van der Waals surface area (Å²) in [5.74, 6) is 0.295. The maximum atomic E-state index is 12.7. The molecule has 6 nitrogen and oxygen atoms in total. The highest BCUT2D eigenvalue weighted by atomic mass is 35.5. The zero-order valence-corrected chi connectivity index (χ0v) is 16.2. The van der Waals surface area contributed by atoms with Gasteiger partial charge in [-0.25, -0.2) is 8.42 Å². The molecule has 0 saturated carbocycles. The van der Waals surface area contributed by atoms with Crippen molar-refractivity contribution in [3.05, 3.63) is 53.1 Å². The van der Waals surface area contributed by atoms with Gasteiger partial charge in [-0.1, -0.05) is 18.5 Å². The summed E-state index contributed by atoms with van der Waals surface area (Å²) in [6, 6.07) is 10.7. The van der Waals surface area contributed by atoms with Gasteiger partial charge in [-0.15, -0.1) is 0 Å². The maximum absolute atomic E-state index is 12.7. The first-order valence-corrected chi connectivity index (χ1v) is 10.1. The molecular formula is C18H21ClN2O4S. The van der Waals surface area contributed by atoms with Crippen LogP contribution in [0.15, 0.2) is 47.4 Å². The first-order valence-electron chi connectivity index (χ1n) is 8.20. The molecule has 0 aliphatic rings. The highest BCUT2D eigenvalue weighted by molar-refractivity contribution is 7.92. The first-order chi connectivity index (χ1) is 12.4. The largest absolute Gasteiger partial charge is 0.494 e. The molecule has 2 aromatic rings. The van der Waals surface area contributed by atoms with Crippen molar-refractivity contribution in [1.82, 2.24) is 5.32 Å². The Morgan fingerprint density at radius 2 is 1.81 bits per heavy atom. The summed E-state index contributed by atoms with van der Waals surface area (Å²) < 4.78 is 33.1. The molecular weight excluding hydrogens is 376 g/mol. The van der Waals surface area contributed by atoms with Gasteiger partial charge in [-0.2, -0.15) is 0 Å². The molecule has 0 aliphatic carbocycles. The Balaban J connectivity index is 2.25. The Bertz CT molecular complexity index is 867. The number of halogens is 1. The van der Waals surface area contributed by atoms with Crippen molar-refractivity contribution >= 4 is 33.2 Å². The predicted molar refractivity (Wildman–Crippen MR) is 102 cm³/mol. The fourth-order valence-corrected chi connectivity index (χ4v) is 3.77. The summed E-state index contributed by atoms with van der Waals surface area (Å²) in [4.78, 5) is 11.9. The van der Waals surface area contributed by atoms with E-state index in [0.29, 0.717) is 24.6 Å². The number of rotatable bonds is 8. The average molecular weight is 397 g/mol. The molecule has 2 N–H and O–H groups in total. The summed E-state index contributed by atoms with van der Waals surface area (Å²) in [6.07, 6.45) is 0.782. The van der Waals surface area contributed by atoms with Crippen LogP contribution in [0.3, 0.4) is 0 Å². The number of ether oxygens (including phenoxy) is 1. The van der Waals surface area contributed by atoms with Gasteiger partial charge in [0.05, 0.1) is 11.6 Å². The van der Waals surface area contributed by atoms with E-state index >= 15 is 0 Å². The van der Waals surface area contributed by atoms with E-state index in [-0.39, 0.29) is 21.4 Å². The van der Waals surface area contributed by atoms with Crippen molar-refractivity contribution in [2.45, 2.75) is 25.2 Å². The topological polar surface area (TPSA) is 84.5 Å². The van der Waals surface area contributed by atoms with E-state index < -0.39 is 10.0 Å². The van der Waals surface area contributed by atoms with E-state index in [1.165, 1.54) is 18.2 Å². The fraction of sp³-hybridized carbons (Fsp3) is 0.278. The summed E-state index contributed by atoms with van der Waals surface area (Å²) in [6.45, 7) is 4.82. The van der Waals surface area contributed by atoms with E-state index in [9.17, 15) is 13.2 Å². The van der Waals surface area contributed by atoms with Crippen molar-refractivity contribution in [3.8, 4) is 5.75 Å². The number of hydrogen-bond acceptors (Lipinski definition) is 4. The van der Waals surface area contributed by atoms with Gasteiger partial charge in [0.25, 0.3) is 15.9 Å². The molecule has 0 radical (unpaired) electrons. The summed E-state index contributed by atoms with van der Waals surface area (Å²) in [7, 11) is -3.95. The number of hydrogen-bond donors (Lipinski definition) is 2. The van der Waals surface area contributed by atoms with Gasteiger partial charge >= 0.3 is 0 Å². The molecule has 2 aromatic carbocycles. The number of amides is 1. The van der Waals surface area contributed by atoms with Crippen LogP contribution in [-0.2, 0) is 10.0 Å². The zero-order valence-electron chi connectivity index (χ0n) is 14.6. The quantitative estimate of drug-likeness (QED) is 0.712. The van der Waals surface area contributed by atoms with Crippen molar-refractivity contribution in [2.75, 3.05) is 17.9 Å². The molecule has 0 bridgehead atoms. The second kappa shape index (κ2) is 8.91. The molecule has 0 unspecified atom stereocenters. The molecule has 0 spiro atoms. The van der Waals surface area contributed by atoms with E-state index in [1.54, 1.807) is 24.3 Å². The molecule has 0 aromatic heterocycles. The van der Waals surface area contributed by atoms with Gasteiger partial charge in [0.2, 0.25) is 0 Å². The number of carbonyl (C=O) groups excluding carboxylic acids is 1. The number of nitrogens with one attached hydrogen (secondary N) is 2. The Morgan fingerprint density at radius 3 is 2.42 bits per heavy atom. The molecule has 0 atom stereocenters.